The first-order valence-electron chi connectivity index (χ1n) is 10.4. The molecule has 2 aromatic rings. The Hall–Kier alpha value is -3.81. The molecule has 0 saturated carbocycles. The number of phenolic OH excluding ortho intramolecular Hbond substituents is 1. The second-order valence-corrected chi connectivity index (χ2v) is 8.23. The molecule has 0 saturated heterocycles. The molecule has 0 bridgehead atoms. The van der Waals surface area contributed by atoms with Crippen LogP contribution in [0, 0.1) is 5.92 Å². The standard InChI is InChI=1S/C24H28N4O4/c1-14(2)15(3)25-19-20(24(32)28(23(19)31)16-10-7-6-8-11-16)26-18-13-9-12-17(21(18)29)22(30)27(4)5/h6-15,25-26,29H,1-5H3/t15-/m0/s1. The Morgan fingerprint density at radius 1 is 0.938 bits per heavy atom. The number of amides is 3. The molecule has 2 aromatic carbocycles. The van der Waals surface area contributed by atoms with Crippen LogP contribution in [-0.2, 0) is 9.59 Å². The fourth-order valence-electron chi connectivity index (χ4n) is 3.18. The summed E-state index contributed by atoms with van der Waals surface area (Å²) < 4.78 is 0. The second-order valence-electron chi connectivity index (χ2n) is 8.23. The maximum atomic E-state index is 13.3. The average Bonchev–Trinajstić information content (AvgIpc) is 2.98. The first-order chi connectivity index (χ1) is 15.1. The molecule has 0 fully saturated rings. The third kappa shape index (κ3) is 4.30. The van der Waals surface area contributed by atoms with Crippen LogP contribution in [0.3, 0.4) is 0 Å². The number of benzene rings is 2. The molecule has 0 unspecified atom stereocenters. The zero-order valence-corrected chi connectivity index (χ0v) is 18.8. The summed E-state index contributed by atoms with van der Waals surface area (Å²) in [6.45, 7) is 5.93. The lowest BCUT2D eigenvalue weighted by Gasteiger charge is -2.20. The van der Waals surface area contributed by atoms with E-state index in [2.05, 4.69) is 10.6 Å². The number of aromatic hydroxyl groups is 1. The first-order valence-corrected chi connectivity index (χ1v) is 10.4. The fraction of sp³-hybridized carbons (Fsp3) is 0.292. The van der Waals surface area contributed by atoms with E-state index >= 15 is 0 Å². The topological polar surface area (TPSA) is 102 Å². The van der Waals surface area contributed by atoms with Crippen molar-refractivity contribution in [1.82, 2.24) is 10.2 Å². The second kappa shape index (κ2) is 9.13. The van der Waals surface area contributed by atoms with Crippen molar-refractivity contribution >= 4 is 29.1 Å². The van der Waals surface area contributed by atoms with Gasteiger partial charge in [0.2, 0.25) is 0 Å². The molecule has 0 spiro atoms. The van der Waals surface area contributed by atoms with Gasteiger partial charge in [0.05, 0.1) is 16.9 Å². The van der Waals surface area contributed by atoms with Gasteiger partial charge in [-0.3, -0.25) is 14.4 Å². The van der Waals surface area contributed by atoms with E-state index in [-0.39, 0.29) is 46.3 Å². The molecule has 8 heteroatoms. The summed E-state index contributed by atoms with van der Waals surface area (Å²) in [5.74, 6) is -1.52. The lowest BCUT2D eigenvalue weighted by Crippen LogP contribution is -2.37. The largest absolute Gasteiger partial charge is 0.505 e. The van der Waals surface area contributed by atoms with Crippen LogP contribution in [-0.4, -0.2) is 47.9 Å². The molecule has 8 nitrogen and oxygen atoms in total. The Balaban J connectivity index is 2.05. The van der Waals surface area contributed by atoms with E-state index < -0.39 is 11.8 Å². The smallest absolute Gasteiger partial charge is 0.284 e. The molecule has 1 heterocycles. The highest BCUT2D eigenvalue weighted by molar-refractivity contribution is 6.33. The summed E-state index contributed by atoms with van der Waals surface area (Å²) in [6, 6.07) is 13.2. The van der Waals surface area contributed by atoms with Crippen molar-refractivity contribution in [2.24, 2.45) is 5.92 Å². The zero-order chi connectivity index (χ0) is 23.6. The van der Waals surface area contributed by atoms with Crippen LogP contribution in [0.4, 0.5) is 11.4 Å². The van der Waals surface area contributed by atoms with Crippen molar-refractivity contribution in [3.63, 3.8) is 0 Å². The lowest BCUT2D eigenvalue weighted by molar-refractivity contribution is -0.120. The Morgan fingerprint density at radius 2 is 1.56 bits per heavy atom. The average molecular weight is 437 g/mol. The molecule has 3 N–H and O–H groups in total. The fourth-order valence-corrected chi connectivity index (χ4v) is 3.18. The van der Waals surface area contributed by atoms with Crippen molar-refractivity contribution in [3.8, 4) is 5.75 Å². The number of rotatable bonds is 7. The van der Waals surface area contributed by atoms with Crippen molar-refractivity contribution in [2.75, 3.05) is 24.3 Å². The van der Waals surface area contributed by atoms with Crippen molar-refractivity contribution < 1.29 is 19.5 Å². The van der Waals surface area contributed by atoms with Crippen LogP contribution in [0.15, 0.2) is 59.9 Å². The van der Waals surface area contributed by atoms with Gasteiger partial charge in [0, 0.05) is 20.1 Å². The van der Waals surface area contributed by atoms with E-state index in [4.69, 9.17) is 0 Å². The van der Waals surface area contributed by atoms with Crippen molar-refractivity contribution in [1.29, 1.82) is 0 Å². The van der Waals surface area contributed by atoms with Gasteiger partial charge in [0.1, 0.15) is 11.4 Å². The van der Waals surface area contributed by atoms with E-state index in [0.29, 0.717) is 5.69 Å². The minimum atomic E-state index is -0.552. The van der Waals surface area contributed by atoms with Gasteiger partial charge in [-0.05, 0) is 37.1 Å². The normalized spacial score (nSPS) is 14.8. The van der Waals surface area contributed by atoms with Gasteiger partial charge in [-0.25, -0.2) is 4.90 Å². The number of imide groups is 1. The monoisotopic (exact) mass is 436 g/mol. The highest BCUT2D eigenvalue weighted by Gasteiger charge is 2.40. The van der Waals surface area contributed by atoms with Crippen LogP contribution in [0.25, 0.3) is 0 Å². The van der Waals surface area contributed by atoms with Gasteiger partial charge in [0.25, 0.3) is 17.7 Å². The van der Waals surface area contributed by atoms with Crippen LogP contribution in [0.1, 0.15) is 31.1 Å². The molecule has 0 aromatic heterocycles. The van der Waals surface area contributed by atoms with Gasteiger partial charge in [-0.1, -0.05) is 38.1 Å². The number of phenols is 1. The molecular formula is C24H28N4O4. The maximum Gasteiger partial charge on any atom is 0.284 e. The molecular weight excluding hydrogens is 408 g/mol. The number of nitrogens with zero attached hydrogens (tertiary/aromatic N) is 2. The highest BCUT2D eigenvalue weighted by Crippen LogP contribution is 2.33. The third-order valence-corrected chi connectivity index (χ3v) is 5.40. The number of anilines is 2. The number of hydrogen-bond acceptors (Lipinski definition) is 6. The molecule has 32 heavy (non-hydrogen) atoms. The van der Waals surface area contributed by atoms with E-state index in [1.165, 1.54) is 11.0 Å². The molecule has 1 aliphatic heterocycles. The Bertz CT molecular complexity index is 1080. The van der Waals surface area contributed by atoms with Crippen LogP contribution in [0.5, 0.6) is 5.75 Å². The number of nitrogens with one attached hydrogen (secondary N) is 2. The number of hydrogen-bond donors (Lipinski definition) is 3. The summed E-state index contributed by atoms with van der Waals surface area (Å²) in [4.78, 5) is 41.4. The quantitative estimate of drug-likeness (QED) is 0.456. The predicted molar refractivity (Wildman–Crippen MR) is 123 cm³/mol. The molecule has 1 aliphatic rings. The Kier molecular flexibility index (Phi) is 6.53. The minimum Gasteiger partial charge on any atom is -0.505 e. The highest BCUT2D eigenvalue weighted by atomic mass is 16.3. The van der Waals surface area contributed by atoms with E-state index in [9.17, 15) is 19.5 Å². The molecule has 1 atom stereocenters. The Labute approximate surface area is 187 Å². The van der Waals surface area contributed by atoms with Crippen LogP contribution < -0.4 is 15.5 Å². The molecule has 3 amide bonds. The maximum absolute atomic E-state index is 13.3. The van der Waals surface area contributed by atoms with Gasteiger partial charge in [-0.2, -0.15) is 0 Å². The van der Waals surface area contributed by atoms with Gasteiger partial charge < -0.3 is 20.6 Å². The van der Waals surface area contributed by atoms with E-state index in [1.807, 2.05) is 20.8 Å². The molecule has 3 rings (SSSR count). The molecule has 0 radical (unpaired) electrons. The van der Waals surface area contributed by atoms with E-state index in [1.54, 1.807) is 56.6 Å². The van der Waals surface area contributed by atoms with Gasteiger partial charge in [-0.15, -0.1) is 0 Å². The molecule has 0 aliphatic carbocycles. The predicted octanol–water partition coefficient (Wildman–Crippen LogP) is 2.93. The minimum absolute atomic E-state index is 0.0103. The van der Waals surface area contributed by atoms with Crippen LogP contribution in [0.2, 0.25) is 0 Å². The summed E-state index contributed by atoms with van der Waals surface area (Å²) in [5.41, 5.74) is 0.805. The molecule has 168 valence electrons. The SMILES string of the molecule is CC(C)[C@H](C)NC1=C(Nc2cccc(C(=O)N(C)C)c2O)C(=O)N(c2ccccc2)C1=O. The summed E-state index contributed by atoms with van der Waals surface area (Å²) >= 11 is 0. The van der Waals surface area contributed by atoms with Gasteiger partial charge in [0.15, 0.2) is 5.75 Å². The van der Waals surface area contributed by atoms with E-state index in [0.717, 1.165) is 4.90 Å². The number of carbonyl (C=O) groups is 3. The van der Waals surface area contributed by atoms with Crippen molar-refractivity contribution in [2.45, 2.75) is 26.8 Å². The van der Waals surface area contributed by atoms with Gasteiger partial charge >= 0.3 is 0 Å². The summed E-state index contributed by atoms with van der Waals surface area (Å²) in [6.07, 6.45) is 0. The van der Waals surface area contributed by atoms with Crippen molar-refractivity contribution in [3.05, 3.63) is 65.5 Å². The first kappa shape index (κ1) is 22.9. The Morgan fingerprint density at radius 3 is 2.16 bits per heavy atom. The number of para-hydroxylation sites is 2. The number of carbonyl (C=O) groups excluding carboxylic acids is 3. The summed E-state index contributed by atoms with van der Waals surface area (Å²) in [5, 5.41) is 16.8. The zero-order valence-electron chi connectivity index (χ0n) is 18.8. The summed E-state index contributed by atoms with van der Waals surface area (Å²) in [7, 11) is 3.16. The van der Waals surface area contributed by atoms with Crippen LogP contribution >= 0.6 is 0 Å². The third-order valence-electron chi connectivity index (χ3n) is 5.40. The lowest BCUT2D eigenvalue weighted by atomic mass is 10.1.